The predicted molar refractivity (Wildman–Crippen MR) is 100 cm³/mol. The number of hydrogen-bond donors (Lipinski definition) is 1. The Morgan fingerprint density at radius 3 is 2.50 bits per heavy atom. The molecule has 146 valence electrons. The molecule has 0 aliphatic carbocycles. The second-order valence-corrected chi connectivity index (χ2v) is 6.81. The summed E-state index contributed by atoms with van der Waals surface area (Å²) in [5.41, 5.74) is 1.21. The molecule has 1 aliphatic heterocycles. The first-order chi connectivity index (χ1) is 13.4. The fraction of sp³-hybridized carbons (Fsp3) is 0.300. The minimum Gasteiger partial charge on any atom is -0.361 e. The Kier molecular flexibility index (Phi) is 4.70. The van der Waals surface area contributed by atoms with Gasteiger partial charge in [0, 0.05) is 49.5 Å². The normalized spacial score (nSPS) is 15.2. The topological polar surface area (TPSA) is 52.2 Å². The van der Waals surface area contributed by atoms with E-state index >= 15 is 0 Å². The molecule has 0 radical (unpaired) electrons. The van der Waals surface area contributed by atoms with E-state index in [1.165, 1.54) is 6.07 Å². The zero-order valence-corrected chi connectivity index (χ0v) is 15.0. The number of para-hydroxylation sites is 1. The number of carbonyl (C=O) groups is 1. The molecule has 0 unspecified atom stereocenters. The van der Waals surface area contributed by atoms with Gasteiger partial charge in [-0.15, -0.1) is 0 Å². The van der Waals surface area contributed by atoms with E-state index in [1.807, 2.05) is 35.4 Å². The molecule has 1 amide bonds. The summed E-state index contributed by atoms with van der Waals surface area (Å²) in [6, 6.07) is 10.3. The van der Waals surface area contributed by atoms with E-state index in [-0.39, 0.29) is 5.91 Å². The monoisotopic (exact) mass is 388 g/mol. The van der Waals surface area contributed by atoms with Crippen molar-refractivity contribution in [3.05, 3.63) is 59.9 Å². The quantitative estimate of drug-likeness (QED) is 0.748. The number of aromatic amines is 1. The van der Waals surface area contributed by atoms with Gasteiger partial charge in [-0.1, -0.05) is 18.2 Å². The molecule has 0 atom stereocenters. The van der Waals surface area contributed by atoms with Gasteiger partial charge >= 0.3 is 6.18 Å². The highest BCUT2D eigenvalue weighted by Crippen LogP contribution is 2.29. The van der Waals surface area contributed by atoms with Crippen LogP contribution in [0.1, 0.15) is 11.1 Å². The average molecular weight is 388 g/mol. The predicted octanol–water partition coefficient (Wildman–Crippen LogP) is 3.47. The van der Waals surface area contributed by atoms with Crippen LogP contribution < -0.4 is 4.90 Å². The van der Waals surface area contributed by atoms with E-state index < -0.39 is 11.7 Å². The van der Waals surface area contributed by atoms with Crippen molar-refractivity contribution in [2.24, 2.45) is 0 Å². The summed E-state index contributed by atoms with van der Waals surface area (Å²) in [5.74, 6) is 0.543. The maximum absolute atomic E-state index is 12.7. The van der Waals surface area contributed by atoms with Gasteiger partial charge in [0.2, 0.25) is 5.91 Å². The number of nitrogens with one attached hydrogen (secondary N) is 1. The third kappa shape index (κ3) is 3.67. The highest BCUT2D eigenvalue weighted by atomic mass is 19.4. The first-order valence-corrected chi connectivity index (χ1v) is 9.03. The van der Waals surface area contributed by atoms with Crippen molar-refractivity contribution in [3.63, 3.8) is 0 Å². The van der Waals surface area contributed by atoms with Gasteiger partial charge < -0.3 is 14.8 Å². The van der Waals surface area contributed by atoms with Crippen LogP contribution in [0.5, 0.6) is 0 Å². The van der Waals surface area contributed by atoms with Crippen molar-refractivity contribution in [1.82, 2.24) is 14.9 Å². The molecule has 1 saturated heterocycles. The Bertz CT molecular complexity index is 973. The molecule has 3 aromatic rings. The Hall–Kier alpha value is -3.03. The van der Waals surface area contributed by atoms with Crippen LogP contribution in [0.15, 0.2) is 48.8 Å². The van der Waals surface area contributed by atoms with Gasteiger partial charge in [-0.2, -0.15) is 13.2 Å². The minimum absolute atomic E-state index is 0.0461. The fourth-order valence-corrected chi connectivity index (χ4v) is 3.48. The molecular weight excluding hydrogens is 369 g/mol. The number of alkyl halides is 3. The summed E-state index contributed by atoms with van der Waals surface area (Å²) in [5, 5.41) is 1.04. The Morgan fingerprint density at radius 1 is 1.07 bits per heavy atom. The Morgan fingerprint density at radius 2 is 1.82 bits per heavy atom. The highest BCUT2D eigenvalue weighted by Gasteiger charge is 2.31. The lowest BCUT2D eigenvalue weighted by Crippen LogP contribution is -2.49. The number of fused-ring (bicyclic) bond motifs is 1. The summed E-state index contributed by atoms with van der Waals surface area (Å²) < 4.78 is 38.0. The molecule has 0 bridgehead atoms. The summed E-state index contributed by atoms with van der Waals surface area (Å²) in [6.45, 7) is 2.11. The average Bonchev–Trinajstić information content (AvgIpc) is 3.10. The smallest absolute Gasteiger partial charge is 0.361 e. The van der Waals surface area contributed by atoms with Gasteiger partial charge in [-0.3, -0.25) is 4.79 Å². The van der Waals surface area contributed by atoms with E-state index in [0.29, 0.717) is 38.4 Å². The van der Waals surface area contributed by atoms with Crippen LogP contribution in [0.4, 0.5) is 19.0 Å². The number of carbonyl (C=O) groups excluding carboxylic acids is 1. The lowest BCUT2D eigenvalue weighted by molar-refractivity contribution is -0.137. The first-order valence-electron chi connectivity index (χ1n) is 9.03. The maximum atomic E-state index is 12.7. The van der Waals surface area contributed by atoms with Crippen LogP contribution >= 0.6 is 0 Å². The molecule has 2 aromatic heterocycles. The number of piperazine rings is 1. The third-order valence-corrected chi connectivity index (χ3v) is 5.05. The second-order valence-electron chi connectivity index (χ2n) is 6.81. The van der Waals surface area contributed by atoms with Gasteiger partial charge in [0.25, 0.3) is 0 Å². The molecular formula is C20H19F3N4O. The van der Waals surface area contributed by atoms with E-state index in [2.05, 4.69) is 9.97 Å². The van der Waals surface area contributed by atoms with Crippen LogP contribution in [-0.2, 0) is 17.4 Å². The van der Waals surface area contributed by atoms with Crippen LogP contribution in [0.25, 0.3) is 10.9 Å². The van der Waals surface area contributed by atoms with Gasteiger partial charge in [-0.05, 0) is 23.8 Å². The van der Waals surface area contributed by atoms with Crippen LogP contribution in [-0.4, -0.2) is 47.0 Å². The Labute approximate surface area is 159 Å². The van der Waals surface area contributed by atoms with Gasteiger partial charge in [0.1, 0.15) is 5.82 Å². The minimum atomic E-state index is -4.39. The lowest BCUT2D eigenvalue weighted by atomic mass is 10.1. The number of halogens is 3. The summed E-state index contributed by atoms with van der Waals surface area (Å²) in [7, 11) is 0. The van der Waals surface area contributed by atoms with Crippen molar-refractivity contribution in [3.8, 4) is 0 Å². The van der Waals surface area contributed by atoms with E-state index in [9.17, 15) is 18.0 Å². The highest BCUT2D eigenvalue weighted by molar-refractivity contribution is 5.89. The number of amides is 1. The molecule has 1 fully saturated rings. The number of rotatable bonds is 3. The molecule has 1 aromatic carbocycles. The van der Waals surface area contributed by atoms with Crippen molar-refractivity contribution >= 4 is 22.6 Å². The zero-order valence-electron chi connectivity index (χ0n) is 15.0. The number of benzene rings is 1. The fourth-order valence-electron chi connectivity index (χ4n) is 3.48. The van der Waals surface area contributed by atoms with Crippen LogP contribution in [0, 0.1) is 0 Å². The van der Waals surface area contributed by atoms with E-state index in [4.69, 9.17) is 0 Å². The molecule has 8 heteroatoms. The first kappa shape index (κ1) is 18.3. The molecule has 1 aliphatic rings. The number of H-pyrrole nitrogens is 1. The lowest BCUT2D eigenvalue weighted by Gasteiger charge is -2.35. The van der Waals surface area contributed by atoms with Crippen LogP contribution in [0.2, 0.25) is 0 Å². The molecule has 3 heterocycles. The summed E-state index contributed by atoms with van der Waals surface area (Å²) >= 11 is 0. The standard InChI is InChI=1S/C20H19F3N4O/c21-20(22,23)15-5-6-18(25-13-15)26-7-9-27(10-8-26)19(28)11-14-12-24-17-4-2-1-3-16(14)17/h1-6,12-13,24H,7-11H2. The number of nitrogens with zero attached hydrogens (tertiary/aromatic N) is 3. The van der Waals surface area contributed by atoms with Gasteiger partial charge in [-0.25, -0.2) is 4.98 Å². The van der Waals surface area contributed by atoms with Crippen molar-refractivity contribution in [2.75, 3.05) is 31.1 Å². The van der Waals surface area contributed by atoms with E-state index in [1.54, 1.807) is 4.90 Å². The van der Waals surface area contributed by atoms with Crippen molar-refractivity contribution < 1.29 is 18.0 Å². The van der Waals surface area contributed by atoms with E-state index in [0.717, 1.165) is 28.7 Å². The number of aromatic nitrogens is 2. The largest absolute Gasteiger partial charge is 0.417 e. The zero-order chi connectivity index (χ0) is 19.7. The molecule has 28 heavy (non-hydrogen) atoms. The molecule has 5 nitrogen and oxygen atoms in total. The number of anilines is 1. The molecule has 0 saturated carbocycles. The third-order valence-electron chi connectivity index (χ3n) is 5.05. The maximum Gasteiger partial charge on any atom is 0.417 e. The van der Waals surface area contributed by atoms with Crippen molar-refractivity contribution in [2.45, 2.75) is 12.6 Å². The molecule has 0 spiro atoms. The second kappa shape index (κ2) is 7.18. The Balaban J connectivity index is 1.36. The molecule has 1 N–H and O–H groups in total. The number of pyridine rings is 1. The molecule has 4 rings (SSSR count). The summed E-state index contributed by atoms with van der Waals surface area (Å²) in [4.78, 5) is 23.5. The van der Waals surface area contributed by atoms with Gasteiger partial charge in [0.15, 0.2) is 0 Å². The van der Waals surface area contributed by atoms with Crippen LogP contribution in [0.3, 0.4) is 0 Å². The van der Waals surface area contributed by atoms with Crippen molar-refractivity contribution in [1.29, 1.82) is 0 Å². The SMILES string of the molecule is O=C(Cc1c[nH]c2ccccc12)N1CCN(c2ccc(C(F)(F)F)cn2)CC1. The summed E-state index contributed by atoms with van der Waals surface area (Å²) in [6.07, 6.45) is -1.35. The van der Waals surface area contributed by atoms with Gasteiger partial charge in [0.05, 0.1) is 12.0 Å². The number of hydrogen-bond acceptors (Lipinski definition) is 3.